The average Bonchev–Trinajstić information content (AvgIpc) is 2.50. The van der Waals surface area contributed by atoms with Gasteiger partial charge in [0.05, 0.1) is 12.1 Å². The van der Waals surface area contributed by atoms with E-state index in [-0.39, 0.29) is 5.91 Å². The molecule has 0 saturated carbocycles. The second-order valence-electron chi connectivity index (χ2n) is 5.32. The van der Waals surface area contributed by atoms with E-state index in [1.54, 1.807) is 0 Å². The molecule has 0 aliphatic carbocycles. The summed E-state index contributed by atoms with van der Waals surface area (Å²) in [6.45, 7) is 4.26. The first kappa shape index (κ1) is 15.8. The van der Waals surface area contributed by atoms with Crippen molar-refractivity contribution in [2.75, 3.05) is 26.4 Å². The van der Waals surface area contributed by atoms with Gasteiger partial charge in [-0.1, -0.05) is 18.2 Å². The lowest BCUT2D eigenvalue weighted by molar-refractivity contribution is -0.129. The number of rotatable bonds is 6. The van der Waals surface area contributed by atoms with Gasteiger partial charge in [-0.2, -0.15) is 0 Å². The minimum atomic E-state index is -0.780. The van der Waals surface area contributed by atoms with Gasteiger partial charge in [-0.05, 0) is 37.8 Å². The van der Waals surface area contributed by atoms with Crippen LogP contribution < -0.4 is 15.8 Å². The normalized spacial score (nSPS) is 17.2. The van der Waals surface area contributed by atoms with Crippen molar-refractivity contribution in [3.63, 3.8) is 0 Å². The Morgan fingerprint density at radius 1 is 1.38 bits per heavy atom. The van der Waals surface area contributed by atoms with E-state index < -0.39 is 5.54 Å². The lowest BCUT2D eigenvalue weighted by Crippen LogP contribution is -2.57. The van der Waals surface area contributed by atoms with Crippen molar-refractivity contribution in [2.45, 2.75) is 31.7 Å². The first-order valence-electron chi connectivity index (χ1n) is 7.51. The Morgan fingerprint density at radius 2 is 2.10 bits per heavy atom. The monoisotopic (exact) mass is 292 g/mol. The first-order chi connectivity index (χ1) is 10.2. The highest BCUT2D eigenvalue weighted by Gasteiger charge is 2.35. The van der Waals surface area contributed by atoms with E-state index in [1.807, 2.05) is 31.2 Å². The second kappa shape index (κ2) is 7.43. The summed E-state index contributed by atoms with van der Waals surface area (Å²) in [5.74, 6) is 0.794. The standard InChI is InChI=1S/C16H24N2O3/c1-2-21-14-6-4-3-5-13(14)7-10-18-15(19)16(17)8-11-20-12-9-16/h3-6H,2,7-12,17H2,1H3,(H,18,19). The number of para-hydroxylation sites is 1. The van der Waals surface area contributed by atoms with E-state index >= 15 is 0 Å². The molecular weight excluding hydrogens is 268 g/mol. The summed E-state index contributed by atoms with van der Waals surface area (Å²) in [4.78, 5) is 12.2. The number of hydrogen-bond acceptors (Lipinski definition) is 4. The van der Waals surface area contributed by atoms with Gasteiger partial charge in [0.15, 0.2) is 0 Å². The molecule has 3 N–H and O–H groups in total. The number of amides is 1. The zero-order valence-corrected chi connectivity index (χ0v) is 12.6. The van der Waals surface area contributed by atoms with Crippen molar-refractivity contribution < 1.29 is 14.3 Å². The van der Waals surface area contributed by atoms with Crippen LogP contribution in [-0.2, 0) is 16.0 Å². The van der Waals surface area contributed by atoms with E-state index in [1.165, 1.54) is 0 Å². The highest BCUT2D eigenvalue weighted by atomic mass is 16.5. The SMILES string of the molecule is CCOc1ccccc1CCNC(=O)C1(N)CCOCC1. The predicted octanol–water partition coefficient (Wildman–Crippen LogP) is 1.25. The van der Waals surface area contributed by atoms with Crippen molar-refractivity contribution >= 4 is 5.91 Å². The van der Waals surface area contributed by atoms with E-state index in [2.05, 4.69) is 5.32 Å². The smallest absolute Gasteiger partial charge is 0.240 e. The van der Waals surface area contributed by atoms with Crippen molar-refractivity contribution in [3.05, 3.63) is 29.8 Å². The zero-order valence-electron chi connectivity index (χ0n) is 12.6. The minimum absolute atomic E-state index is 0.0836. The van der Waals surface area contributed by atoms with Crippen LogP contribution in [0.5, 0.6) is 5.75 Å². The maximum Gasteiger partial charge on any atom is 0.240 e. The predicted molar refractivity (Wildman–Crippen MR) is 81.3 cm³/mol. The van der Waals surface area contributed by atoms with Gasteiger partial charge in [0.1, 0.15) is 5.75 Å². The van der Waals surface area contributed by atoms with Crippen molar-refractivity contribution in [1.29, 1.82) is 0 Å². The highest BCUT2D eigenvalue weighted by molar-refractivity contribution is 5.86. The molecule has 21 heavy (non-hydrogen) atoms. The molecule has 0 aromatic heterocycles. The third kappa shape index (κ3) is 4.19. The molecule has 0 bridgehead atoms. The molecule has 116 valence electrons. The van der Waals surface area contributed by atoms with E-state index in [0.717, 1.165) is 17.7 Å². The number of hydrogen-bond donors (Lipinski definition) is 2. The molecule has 0 radical (unpaired) electrons. The number of nitrogens with one attached hydrogen (secondary N) is 1. The van der Waals surface area contributed by atoms with E-state index in [9.17, 15) is 4.79 Å². The molecule has 1 aliphatic heterocycles. The largest absolute Gasteiger partial charge is 0.494 e. The van der Waals surface area contributed by atoms with Gasteiger partial charge in [-0.3, -0.25) is 4.79 Å². The lowest BCUT2D eigenvalue weighted by Gasteiger charge is -2.31. The van der Waals surface area contributed by atoms with Gasteiger partial charge >= 0.3 is 0 Å². The van der Waals surface area contributed by atoms with Gasteiger partial charge in [0, 0.05) is 19.8 Å². The Labute approximate surface area is 125 Å². The number of carbonyl (C=O) groups is 1. The number of nitrogens with two attached hydrogens (primary N) is 1. The molecule has 0 spiro atoms. The maximum atomic E-state index is 12.2. The molecule has 5 nitrogen and oxygen atoms in total. The average molecular weight is 292 g/mol. The van der Waals surface area contributed by atoms with Gasteiger partial charge in [0.25, 0.3) is 0 Å². The molecule has 1 aromatic carbocycles. The Hall–Kier alpha value is -1.59. The number of benzene rings is 1. The fourth-order valence-corrected chi connectivity index (χ4v) is 2.46. The van der Waals surface area contributed by atoms with E-state index in [0.29, 0.717) is 39.2 Å². The van der Waals surface area contributed by atoms with Crippen molar-refractivity contribution in [2.24, 2.45) is 5.73 Å². The summed E-state index contributed by atoms with van der Waals surface area (Å²) in [6.07, 6.45) is 1.89. The molecule has 1 fully saturated rings. The number of carbonyl (C=O) groups excluding carboxylic acids is 1. The van der Waals surface area contributed by atoms with Gasteiger partial charge < -0.3 is 20.5 Å². The topological polar surface area (TPSA) is 73.6 Å². The Morgan fingerprint density at radius 3 is 2.81 bits per heavy atom. The van der Waals surface area contributed by atoms with Crippen LogP contribution in [0.1, 0.15) is 25.3 Å². The summed E-state index contributed by atoms with van der Waals surface area (Å²) in [7, 11) is 0. The van der Waals surface area contributed by atoms with Crippen LogP contribution in [0.25, 0.3) is 0 Å². The van der Waals surface area contributed by atoms with Gasteiger partial charge in [-0.25, -0.2) is 0 Å². The minimum Gasteiger partial charge on any atom is -0.494 e. The van der Waals surface area contributed by atoms with Crippen LogP contribution in [0.3, 0.4) is 0 Å². The molecule has 0 unspecified atom stereocenters. The molecular formula is C16H24N2O3. The number of ether oxygens (including phenoxy) is 2. The molecule has 1 amide bonds. The van der Waals surface area contributed by atoms with Crippen LogP contribution >= 0.6 is 0 Å². The summed E-state index contributed by atoms with van der Waals surface area (Å²) >= 11 is 0. The quantitative estimate of drug-likeness (QED) is 0.827. The molecule has 1 heterocycles. The molecule has 1 saturated heterocycles. The van der Waals surface area contributed by atoms with Crippen LogP contribution in [0.2, 0.25) is 0 Å². The van der Waals surface area contributed by atoms with Crippen molar-refractivity contribution in [3.8, 4) is 5.75 Å². The van der Waals surface area contributed by atoms with Crippen LogP contribution in [0.4, 0.5) is 0 Å². The third-order valence-electron chi connectivity index (χ3n) is 3.79. The Kier molecular flexibility index (Phi) is 5.59. The van der Waals surface area contributed by atoms with E-state index in [4.69, 9.17) is 15.2 Å². The fraction of sp³-hybridized carbons (Fsp3) is 0.562. The maximum absolute atomic E-state index is 12.2. The zero-order chi connectivity index (χ0) is 15.1. The summed E-state index contributed by atoms with van der Waals surface area (Å²) in [5, 5.41) is 2.94. The second-order valence-corrected chi connectivity index (χ2v) is 5.32. The van der Waals surface area contributed by atoms with Crippen LogP contribution in [0.15, 0.2) is 24.3 Å². The Balaban J connectivity index is 1.85. The van der Waals surface area contributed by atoms with Gasteiger partial charge in [0.2, 0.25) is 5.91 Å². The Bertz CT molecular complexity index is 470. The van der Waals surface area contributed by atoms with Crippen molar-refractivity contribution in [1.82, 2.24) is 5.32 Å². The molecule has 2 rings (SSSR count). The molecule has 5 heteroatoms. The summed E-state index contributed by atoms with van der Waals surface area (Å²) < 4.78 is 10.8. The summed E-state index contributed by atoms with van der Waals surface area (Å²) in [6, 6.07) is 7.89. The molecule has 1 aromatic rings. The van der Waals surface area contributed by atoms with Crippen LogP contribution in [-0.4, -0.2) is 37.8 Å². The molecule has 0 atom stereocenters. The fourth-order valence-electron chi connectivity index (χ4n) is 2.46. The third-order valence-corrected chi connectivity index (χ3v) is 3.79. The van der Waals surface area contributed by atoms with Crippen LogP contribution in [0, 0.1) is 0 Å². The van der Waals surface area contributed by atoms with Gasteiger partial charge in [-0.15, -0.1) is 0 Å². The highest BCUT2D eigenvalue weighted by Crippen LogP contribution is 2.19. The lowest BCUT2D eigenvalue weighted by atomic mass is 9.90. The summed E-state index contributed by atoms with van der Waals surface area (Å²) in [5.41, 5.74) is 6.46. The molecule has 1 aliphatic rings. The first-order valence-corrected chi connectivity index (χ1v) is 7.51.